The van der Waals surface area contributed by atoms with Gasteiger partial charge in [0, 0.05) is 23.5 Å². The lowest BCUT2D eigenvalue weighted by atomic mass is 9.86. The molecule has 2 aromatic heterocycles. The molecule has 2 aromatic carbocycles. The van der Waals surface area contributed by atoms with Crippen molar-refractivity contribution in [2.75, 3.05) is 11.9 Å². The Morgan fingerprint density at radius 2 is 1.87 bits per heavy atom. The van der Waals surface area contributed by atoms with Crippen molar-refractivity contribution in [3.05, 3.63) is 59.3 Å². The average Bonchev–Trinajstić information content (AvgIpc) is 3.33. The molecular formula is C23H28N6S. The Morgan fingerprint density at radius 3 is 2.60 bits per heavy atom. The first-order chi connectivity index (χ1) is 14.3. The van der Waals surface area contributed by atoms with Gasteiger partial charge in [0.2, 0.25) is 5.13 Å². The van der Waals surface area contributed by atoms with Gasteiger partial charge in [-0.1, -0.05) is 56.4 Å². The maximum absolute atomic E-state index is 6.35. The van der Waals surface area contributed by atoms with Crippen LogP contribution in [0.25, 0.3) is 21.5 Å². The third kappa shape index (κ3) is 4.52. The molecule has 0 amide bonds. The van der Waals surface area contributed by atoms with Gasteiger partial charge in [-0.2, -0.15) is 5.10 Å². The highest BCUT2D eigenvalue weighted by Gasteiger charge is 2.14. The number of aryl methyl sites for hydroxylation is 1. The minimum Gasteiger partial charge on any atom is -0.359 e. The molecule has 2 heterocycles. The molecule has 0 aliphatic carbocycles. The van der Waals surface area contributed by atoms with Crippen molar-refractivity contribution in [1.29, 1.82) is 0 Å². The molecule has 6 nitrogen and oxygen atoms in total. The molecule has 7 heteroatoms. The second-order valence-electron chi connectivity index (χ2n) is 8.77. The SMILES string of the molecule is Cc1n[nH]c2ccc(-c3nnc(NC[C@H](N)Cc4ccc(C(C)(C)C)cc4)s3)cc12. The Balaban J connectivity index is 1.36. The second-order valence-corrected chi connectivity index (χ2v) is 9.75. The molecule has 1 atom stereocenters. The van der Waals surface area contributed by atoms with Gasteiger partial charge in [0.25, 0.3) is 0 Å². The number of nitrogens with zero attached hydrogens (tertiary/aromatic N) is 3. The fraction of sp³-hybridized carbons (Fsp3) is 0.348. The molecule has 0 bridgehead atoms. The van der Waals surface area contributed by atoms with Crippen molar-refractivity contribution >= 4 is 27.4 Å². The minimum atomic E-state index is 0.00256. The van der Waals surface area contributed by atoms with Crippen molar-refractivity contribution in [3.8, 4) is 10.6 Å². The van der Waals surface area contributed by atoms with E-state index in [2.05, 4.69) is 76.8 Å². The van der Waals surface area contributed by atoms with Gasteiger partial charge >= 0.3 is 0 Å². The lowest BCUT2D eigenvalue weighted by Gasteiger charge is -2.19. The van der Waals surface area contributed by atoms with Gasteiger partial charge in [0.1, 0.15) is 5.01 Å². The van der Waals surface area contributed by atoms with E-state index in [1.54, 1.807) is 0 Å². The fourth-order valence-corrected chi connectivity index (χ4v) is 4.17. The van der Waals surface area contributed by atoms with E-state index >= 15 is 0 Å². The van der Waals surface area contributed by atoms with Crippen molar-refractivity contribution in [3.63, 3.8) is 0 Å². The maximum Gasteiger partial charge on any atom is 0.206 e. The lowest BCUT2D eigenvalue weighted by molar-refractivity contribution is 0.589. The summed E-state index contributed by atoms with van der Waals surface area (Å²) in [5.41, 5.74) is 12.1. The molecular weight excluding hydrogens is 392 g/mol. The summed E-state index contributed by atoms with van der Waals surface area (Å²) in [4.78, 5) is 0. The minimum absolute atomic E-state index is 0.00256. The summed E-state index contributed by atoms with van der Waals surface area (Å²) in [6, 6.07) is 14.9. The molecule has 0 spiro atoms. The number of benzene rings is 2. The van der Waals surface area contributed by atoms with E-state index in [1.807, 2.05) is 19.1 Å². The van der Waals surface area contributed by atoms with Crippen LogP contribution in [0.2, 0.25) is 0 Å². The Kier molecular flexibility index (Phi) is 5.58. The number of hydrogen-bond acceptors (Lipinski definition) is 6. The maximum atomic E-state index is 6.35. The number of aromatic amines is 1. The summed E-state index contributed by atoms with van der Waals surface area (Å²) >= 11 is 1.54. The van der Waals surface area contributed by atoms with E-state index in [0.29, 0.717) is 6.54 Å². The van der Waals surface area contributed by atoms with Gasteiger partial charge in [-0.15, -0.1) is 10.2 Å². The predicted molar refractivity (Wildman–Crippen MR) is 125 cm³/mol. The Hall–Kier alpha value is -2.77. The number of anilines is 1. The third-order valence-corrected chi connectivity index (χ3v) is 6.19. The first kappa shape index (κ1) is 20.5. The van der Waals surface area contributed by atoms with Crippen molar-refractivity contribution in [2.24, 2.45) is 5.73 Å². The highest BCUT2D eigenvalue weighted by atomic mass is 32.1. The summed E-state index contributed by atoms with van der Waals surface area (Å²) in [6.07, 6.45) is 0.819. The molecule has 0 fully saturated rings. The molecule has 4 N–H and O–H groups in total. The number of H-pyrrole nitrogens is 1. The summed E-state index contributed by atoms with van der Waals surface area (Å²) in [5, 5.41) is 22.0. The zero-order valence-corrected chi connectivity index (χ0v) is 18.7. The molecule has 0 radical (unpaired) electrons. The van der Waals surface area contributed by atoms with Crippen LogP contribution in [0.15, 0.2) is 42.5 Å². The summed E-state index contributed by atoms with van der Waals surface area (Å²) in [7, 11) is 0. The number of hydrogen-bond donors (Lipinski definition) is 3. The predicted octanol–water partition coefficient (Wildman–Crippen LogP) is 4.67. The van der Waals surface area contributed by atoms with E-state index in [9.17, 15) is 0 Å². The van der Waals surface area contributed by atoms with Crippen molar-refractivity contribution < 1.29 is 0 Å². The molecule has 0 saturated heterocycles. The van der Waals surface area contributed by atoms with Crippen LogP contribution in [0.4, 0.5) is 5.13 Å². The quantitative estimate of drug-likeness (QED) is 0.421. The normalized spacial score (nSPS) is 13.0. The van der Waals surface area contributed by atoms with Crippen molar-refractivity contribution in [1.82, 2.24) is 20.4 Å². The van der Waals surface area contributed by atoms with Crippen LogP contribution in [-0.4, -0.2) is 33.0 Å². The number of nitrogens with one attached hydrogen (secondary N) is 2. The largest absolute Gasteiger partial charge is 0.359 e. The van der Waals surface area contributed by atoms with E-state index in [-0.39, 0.29) is 11.5 Å². The van der Waals surface area contributed by atoms with Gasteiger partial charge in [-0.3, -0.25) is 5.10 Å². The molecule has 30 heavy (non-hydrogen) atoms. The van der Waals surface area contributed by atoms with Crippen LogP contribution in [0, 0.1) is 6.92 Å². The zero-order valence-electron chi connectivity index (χ0n) is 17.9. The van der Waals surface area contributed by atoms with Gasteiger partial charge in [-0.25, -0.2) is 0 Å². The van der Waals surface area contributed by atoms with E-state index < -0.39 is 0 Å². The number of nitrogens with two attached hydrogens (primary N) is 1. The molecule has 0 saturated carbocycles. The molecule has 0 aliphatic rings. The Labute approximate surface area is 180 Å². The van der Waals surface area contributed by atoms with Crippen molar-refractivity contribution in [2.45, 2.75) is 45.6 Å². The highest BCUT2D eigenvalue weighted by Crippen LogP contribution is 2.29. The van der Waals surface area contributed by atoms with E-state index in [0.717, 1.165) is 38.7 Å². The van der Waals surface area contributed by atoms with Gasteiger partial charge in [0.05, 0.1) is 11.2 Å². The monoisotopic (exact) mass is 420 g/mol. The van der Waals surface area contributed by atoms with Crippen LogP contribution >= 0.6 is 11.3 Å². The van der Waals surface area contributed by atoms with Crippen LogP contribution in [-0.2, 0) is 11.8 Å². The topological polar surface area (TPSA) is 92.5 Å². The van der Waals surface area contributed by atoms with Crippen LogP contribution in [0.5, 0.6) is 0 Å². The Bertz CT molecular complexity index is 1140. The molecule has 4 rings (SSSR count). The van der Waals surface area contributed by atoms with Gasteiger partial charge < -0.3 is 11.1 Å². The van der Waals surface area contributed by atoms with Gasteiger partial charge in [-0.05, 0) is 48.1 Å². The first-order valence-electron chi connectivity index (χ1n) is 10.2. The summed E-state index contributed by atoms with van der Waals surface area (Å²) in [6.45, 7) is 9.32. The van der Waals surface area contributed by atoms with E-state index in [1.165, 1.54) is 22.5 Å². The number of rotatable bonds is 6. The van der Waals surface area contributed by atoms with Crippen LogP contribution in [0.3, 0.4) is 0 Å². The summed E-state index contributed by atoms with van der Waals surface area (Å²) < 4.78 is 0. The number of fused-ring (bicyclic) bond motifs is 1. The Morgan fingerprint density at radius 1 is 1.10 bits per heavy atom. The fourth-order valence-electron chi connectivity index (χ4n) is 3.42. The zero-order chi connectivity index (χ0) is 21.3. The van der Waals surface area contributed by atoms with Crippen LogP contribution < -0.4 is 11.1 Å². The van der Waals surface area contributed by atoms with Crippen LogP contribution in [0.1, 0.15) is 37.6 Å². The lowest BCUT2D eigenvalue weighted by Crippen LogP contribution is -2.31. The van der Waals surface area contributed by atoms with Gasteiger partial charge in [0.15, 0.2) is 0 Å². The number of aromatic nitrogens is 4. The summed E-state index contributed by atoms with van der Waals surface area (Å²) in [5.74, 6) is 0. The molecule has 4 aromatic rings. The average molecular weight is 421 g/mol. The smallest absolute Gasteiger partial charge is 0.206 e. The molecule has 156 valence electrons. The first-order valence-corrected chi connectivity index (χ1v) is 11.0. The molecule has 0 aliphatic heterocycles. The molecule has 0 unspecified atom stereocenters. The second kappa shape index (κ2) is 8.16. The third-order valence-electron chi connectivity index (χ3n) is 5.26. The highest BCUT2D eigenvalue weighted by molar-refractivity contribution is 7.18. The standard InChI is InChI=1S/C23H28N6S/c1-14-19-12-16(7-10-20(19)27-26-14)21-28-29-22(30-21)25-13-18(24)11-15-5-8-17(9-6-15)23(2,3)4/h5-10,12,18H,11,13,24H2,1-4H3,(H,25,29)(H,26,27)/t18-/m1/s1. The van der Waals surface area contributed by atoms with E-state index in [4.69, 9.17) is 5.73 Å².